The van der Waals surface area contributed by atoms with Gasteiger partial charge in [-0.2, -0.15) is 0 Å². The zero-order valence-corrected chi connectivity index (χ0v) is 14.8. The third kappa shape index (κ3) is 3.72. The number of carbonyl (C=O) groups is 3. The molecule has 5 nitrogen and oxygen atoms in total. The van der Waals surface area contributed by atoms with Crippen LogP contribution in [0.1, 0.15) is 29.3 Å². The predicted octanol–water partition coefficient (Wildman–Crippen LogP) is 3.10. The average Bonchev–Trinajstić information content (AvgIpc) is 2.68. The van der Waals surface area contributed by atoms with Gasteiger partial charge < -0.3 is 10.5 Å². The third-order valence-electron chi connectivity index (χ3n) is 4.66. The fraction of sp³-hybridized carbons (Fsp3) is 0.136. The number of hydrogen-bond acceptors (Lipinski definition) is 4. The van der Waals surface area contributed by atoms with Crippen molar-refractivity contribution in [2.75, 3.05) is 0 Å². The Morgan fingerprint density at radius 3 is 2.22 bits per heavy atom. The molecule has 0 aromatic heterocycles. The van der Waals surface area contributed by atoms with Gasteiger partial charge >= 0.3 is 5.97 Å². The second-order valence-electron chi connectivity index (χ2n) is 6.43. The minimum Gasteiger partial charge on any atom is -0.426 e. The second kappa shape index (κ2) is 7.41. The standard InChI is InChI=1S/C22H19NO4/c1-22(17-11-13-18(24)14-12-17,16-9-7-15(8-10-16)20(23)25)21(26)27-19-5-3-2-4-6-19/h2-13H,14H2,1H3,(H2,23,25). The summed E-state index contributed by atoms with van der Waals surface area (Å²) < 4.78 is 5.60. The van der Waals surface area contributed by atoms with Crippen molar-refractivity contribution in [3.8, 4) is 5.75 Å². The van der Waals surface area contributed by atoms with E-state index in [1.165, 1.54) is 6.08 Å². The molecule has 0 heterocycles. The number of rotatable bonds is 5. The van der Waals surface area contributed by atoms with Gasteiger partial charge in [0.15, 0.2) is 5.78 Å². The van der Waals surface area contributed by atoms with Crippen LogP contribution < -0.4 is 10.5 Å². The van der Waals surface area contributed by atoms with E-state index in [4.69, 9.17) is 10.5 Å². The normalized spacial score (nSPS) is 15.6. The zero-order valence-electron chi connectivity index (χ0n) is 14.8. The first kappa shape index (κ1) is 18.3. The van der Waals surface area contributed by atoms with Crippen LogP contribution in [0.4, 0.5) is 0 Å². The van der Waals surface area contributed by atoms with Gasteiger partial charge in [-0.15, -0.1) is 0 Å². The number of nitrogens with two attached hydrogens (primary N) is 1. The molecule has 0 radical (unpaired) electrons. The van der Waals surface area contributed by atoms with Gasteiger partial charge in [-0.25, -0.2) is 0 Å². The van der Waals surface area contributed by atoms with Crippen LogP contribution in [0.5, 0.6) is 5.75 Å². The Morgan fingerprint density at radius 1 is 1.00 bits per heavy atom. The van der Waals surface area contributed by atoms with Gasteiger partial charge in [0.1, 0.15) is 11.2 Å². The number of ketones is 1. The van der Waals surface area contributed by atoms with E-state index in [-0.39, 0.29) is 12.2 Å². The molecule has 2 N–H and O–H groups in total. The predicted molar refractivity (Wildman–Crippen MR) is 101 cm³/mol. The highest BCUT2D eigenvalue weighted by Crippen LogP contribution is 2.36. The van der Waals surface area contributed by atoms with Crippen molar-refractivity contribution in [2.24, 2.45) is 5.73 Å². The summed E-state index contributed by atoms with van der Waals surface area (Å²) in [6, 6.07) is 15.3. The summed E-state index contributed by atoms with van der Waals surface area (Å²) in [6.45, 7) is 1.74. The van der Waals surface area contributed by atoms with E-state index in [2.05, 4.69) is 0 Å². The van der Waals surface area contributed by atoms with Crippen LogP contribution in [0.2, 0.25) is 0 Å². The van der Waals surface area contributed by atoms with E-state index in [9.17, 15) is 14.4 Å². The fourth-order valence-electron chi connectivity index (χ4n) is 2.97. The SMILES string of the molecule is CC(C(=O)Oc1ccccc1)(C1=CCC(=O)C=C1)c1ccc(C(N)=O)cc1. The zero-order chi connectivity index (χ0) is 19.4. The first-order valence-corrected chi connectivity index (χ1v) is 8.50. The van der Waals surface area contributed by atoms with Gasteiger partial charge in [-0.05, 0) is 48.4 Å². The highest BCUT2D eigenvalue weighted by atomic mass is 16.5. The lowest BCUT2D eigenvalue weighted by Crippen LogP contribution is -2.38. The molecule has 0 spiro atoms. The van der Waals surface area contributed by atoms with E-state index in [0.29, 0.717) is 22.4 Å². The van der Waals surface area contributed by atoms with Crippen LogP contribution in [0, 0.1) is 0 Å². The number of benzene rings is 2. The molecule has 1 amide bonds. The Morgan fingerprint density at radius 2 is 1.67 bits per heavy atom. The minimum atomic E-state index is -1.15. The molecule has 0 saturated heterocycles. The summed E-state index contributed by atoms with van der Waals surface area (Å²) in [5, 5.41) is 0. The maximum absolute atomic E-state index is 13.2. The Balaban J connectivity index is 2.03. The maximum atomic E-state index is 13.2. The molecular weight excluding hydrogens is 342 g/mol. The third-order valence-corrected chi connectivity index (χ3v) is 4.66. The molecule has 2 aromatic carbocycles. The maximum Gasteiger partial charge on any atom is 0.326 e. The fourth-order valence-corrected chi connectivity index (χ4v) is 2.97. The molecule has 27 heavy (non-hydrogen) atoms. The lowest BCUT2D eigenvalue weighted by molar-refractivity contribution is -0.138. The van der Waals surface area contributed by atoms with Crippen LogP contribution in [-0.2, 0) is 15.0 Å². The van der Waals surface area contributed by atoms with Crippen LogP contribution in [0.25, 0.3) is 0 Å². The molecule has 0 saturated carbocycles. The molecule has 5 heteroatoms. The molecule has 1 aliphatic rings. The Bertz CT molecular complexity index is 942. The molecule has 1 aliphatic carbocycles. The molecule has 0 aliphatic heterocycles. The van der Waals surface area contributed by atoms with Crippen molar-refractivity contribution in [1.29, 1.82) is 0 Å². The van der Waals surface area contributed by atoms with E-state index >= 15 is 0 Å². The number of para-hydroxylation sites is 1. The highest BCUT2D eigenvalue weighted by molar-refractivity contribution is 5.96. The highest BCUT2D eigenvalue weighted by Gasteiger charge is 2.40. The number of ether oxygens (including phenoxy) is 1. The number of amides is 1. The molecule has 0 bridgehead atoms. The number of esters is 1. The summed E-state index contributed by atoms with van der Waals surface area (Å²) in [5.41, 5.74) is 5.80. The monoisotopic (exact) mass is 361 g/mol. The van der Waals surface area contributed by atoms with Gasteiger partial charge in [0, 0.05) is 12.0 Å². The van der Waals surface area contributed by atoms with Gasteiger partial charge in [0.2, 0.25) is 5.91 Å². The molecule has 1 atom stereocenters. The van der Waals surface area contributed by atoms with Crippen LogP contribution in [-0.4, -0.2) is 17.7 Å². The van der Waals surface area contributed by atoms with E-state index < -0.39 is 17.3 Å². The van der Waals surface area contributed by atoms with Gasteiger partial charge in [0.05, 0.1) is 0 Å². The quantitative estimate of drug-likeness (QED) is 0.655. The largest absolute Gasteiger partial charge is 0.426 e. The van der Waals surface area contributed by atoms with E-state index in [1.54, 1.807) is 67.6 Å². The molecule has 0 fully saturated rings. The first-order chi connectivity index (χ1) is 12.9. The average molecular weight is 361 g/mol. The summed E-state index contributed by atoms with van der Waals surface area (Å²) in [4.78, 5) is 36.1. The van der Waals surface area contributed by atoms with Crippen LogP contribution in [0.3, 0.4) is 0 Å². The Kier molecular flexibility index (Phi) is 5.03. The van der Waals surface area contributed by atoms with Crippen molar-refractivity contribution in [3.05, 3.63) is 89.5 Å². The van der Waals surface area contributed by atoms with E-state index in [1.807, 2.05) is 6.07 Å². The van der Waals surface area contributed by atoms with Crippen molar-refractivity contribution in [1.82, 2.24) is 0 Å². The van der Waals surface area contributed by atoms with Gasteiger partial charge in [0.25, 0.3) is 0 Å². The summed E-state index contributed by atoms with van der Waals surface area (Å²) >= 11 is 0. The van der Waals surface area contributed by atoms with Crippen molar-refractivity contribution in [3.63, 3.8) is 0 Å². The number of primary amides is 1. The van der Waals surface area contributed by atoms with Crippen molar-refractivity contribution in [2.45, 2.75) is 18.8 Å². The molecule has 3 rings (SSSR count). The first-order valence-electron chi connectivity index (χ1n) is 8.50. The Labute approximate surface area is 157 Å². The van der Waals surface area contributed by atoms with Gasteiger partial charge in [-0.1, -0.05) is 42.5 Å². The lowest BCUT2D eigenvalue weighted by atomic mass is 9.74. The van der Waals surface area contributed by atoms with Crippen LogP contribution >= 0.6 is 0 Å². The number of hydrogen-bond donors (Lipinski definition) is 1. The van der Waals surface area contributed by atoms with E-state index in [0.717, 1.165) is 0 Å². The van der Waals surface area contributed by atoms with Crippen molar-refractivity contribution >= 4 is 17.7 Å². The Hall–Kier alpha value is -3.47. The van der Waals surface area contributed by atoms with Gasteiger partial charge in [-0.3, -0.25) is 14.4 Å². The lowest BCUT2D eigenvalue weighted by Gasteiger charge is -2.30. The van der Waals surface area contributed by atoms with Crippen molar-refractivity contribution < 1.29 is 19.1 Å². The summed E-state index contributed by atoms with van der Waals surface area (Å²) in [5.74, 6) is -0.621. The number of allylic oxidation sites excluding steroid dienone is 3. The molecule has 1 unspecified atom stereocenters. The summed E-state index contributed by atoms with van der Waals surface area (Å²) in [6.07, 6.45) is 5.05. The minimum absolute atomic E-state index is 0.0263. The smallest absolute Gasteiger partial charge is 0.326 e. The molecular formula is C22H19NO4. The topological polar surface area (TPSA) is 86.5 Å². The van der Waals surface area contributed by atoms with Crippen LogP contribution in [0.15, 0.2) is 78.4 Å². The number of carbonyl (C=O) groups excluding carboxylic acids is 3. The molecule has 136 valence electrons. The summed E-state index contributed by atoms with van der Waals surface area (Å²) in [7, 11) is 0. The molecule has 2 aromatic rings. The second-order valence-corrected chi connectivity index (χ2v) is 6.43.